The third kappa shape index (κ3) is 4.11. The second-order valence-electron chi connectivity index (χ2n) is 4.33. The van der Waals surface area contributed by atoms with E-state index in [2.05, 4.69) is 10.2 Å². The molecule has 1 aromatic carbocycles. The molecule has 0 atom stereocenters. The Morgan fingerprint density at radius 1 is 1.14 bits per heavy atom. The van der Waals surface area contributed by atoms with Crippen molar-refractivity contribution in [2.24, 2.45) is 0 Å². The fraction of sp³-hybridized carbons (Fsp3) is 0.286. The summed E-state index contributed by atoms with van der Waals surface area (Å²) in [5.74, 6) is 0.0198. The van der Waals surface area contributed by atoms with E-state index in [1.165, 1.54) is 6.07 Å². The monoisotopic (exact) mass is 330 g/mol. The van der Waals surface area contributed by atoms with E-state index in [-0.39, 0.29) is 5.75 Å². The molecule has 0 radical (unpaired) electrons. The highest BCUT2D eigenvalue weighted by atomic mass is 32.2. The molecule has 0 aliphatic heterocycles. The highest BCUT2D eigenvalue weighted by molar-refractivity contribution is 7.90. The van der Waals surface area contributed by atoms with Crippen molar-refractivity contribution in [2.75, 3.05) is 6.61 Å². The predicted octanol–water partition coefficient (Wildman–Crippen LogP) is 4.45. The van der Waals surface area contributed by atoms with Gasteiger partial charge >= 0.3 is 6.18 Å². The van der Waals surface area contributed by atoms with Crippen molar-refractivity contribution in [1.29, 1.82) is 0 Å². The molecule has 118 valence electrons. The minimum absolute atomic E-state index is 0.0198. The largest absolute Gasteiger partial charge is 0.416 e. The summed E-state index contributed by atoms with van der Waals surface area (Å²) in [5.41, 5.74) is 0.740. The van der Waals surface area contributed by atoms with Crippen LogP contribution in [0.1, 0.15) is 18.2 Å². The number of rotatable bonds is 5. The number of hydrogen-bond acceptors (Lipinski definition) is 5. The number of hydrogen-bond donors (Lipinski definition) is 0. The zero-order valence-corrected chi connectivity index (χ0v) is 12.7. The van der Waals surface area contributed by atoms with E-state index in [0.29, 0.717) is 35.9 Å². The predicted molar refractivity (Wildman–Crippen MR) is 77.1 cm³/mol. The lowest BCUT2D eigenvalue weighted by molar-refractivity contribution is -0.137. The van der Waals surface area contributed by atoms with Crippen molar-refractivity contribution in [1.82, 2.24) is 10.2 Å². The van der Waals surface area contributed by atoms with Gasteiger partial charge in [-0.1, -0.05) is 0 Å². The molecule has 4 nitrogen and oxygen atoms in total. The summed E-state index contributed by atoms with van der Waals surface area (Å²) in [6.45, 7) is 3.88. The van der Waals surface area contributed by atoms with Crippen LogP contribution in [-0.2, 0) is 10.4 Å². The van der Waals surface area contributed by atoms with E-state index in [4.69, 9.17) is 8.37 Å². The number of benzene rings is 1. The van der Waals surface area contributed by atoms with Crippen molar-refractivity contribution in [3.8, 4) is 17.0 Å². The molecule has 22 heavy (non-hydrogen) atoms. The molecule has 1 aromatic heterocycles. The molecular formula is C14H13F3N2O2S. The molecule has 0 bridgehead atoms. The maximum Gasteiger partial charge on any atom is 0.416 e. The average molecular weight is 330 g/mol. The topological polar surface area (TPSA) is 44.2 Å². The third-order valence-electron chi connectivity index (χ3n) is 2.67. The van der Waals surface area contributed by atoms with Crippen molar-refractivity contribution >= 4 is 12.3 Å². The third-order valence-corrected chi connectivity index (χ3v) is 3.25. The molecule has 0 amide bonds. The molecule has 0 fully saturated rings. The Hall–Kier alpha value is -1.80. The molecule has 0 spiro atoms. The van der Waals surface area contributed by atoms with Gasteiger partial charge in [0.05, 0.1) is 23.6 Å². The Morgan fingerprint density at radius 2 is 1.91 bits per heavy atom. The zero-order chi connectivity index (χ0) is 16.2. The first-order chi connectivity index (χ1) is 10.4. The van der Waals surface area contributed by atoms with Crippen LogP contribution in [0.5, 0.6) is 5.75 Å². The summed E-state index contributed by atoms with van der Waals surface area (Å²) in [7, 11) is 0. The highest BCUT2D eigenvalue weighted by Gasteiger charge is 2.31. The summed E-state index contributed by atoms with van der Waals surface area (Å²) in [6.07, 6.45) is -4.45. The second kappa shape index (κ2) is 6.97. The minimum Gasteiger partial charge on any atom is -0.400 e. The van der Waals surface area contributed by atoms with Crippen LogP contribution in [0.15, 0.2) is 30.3 Å². The van der Waals surface area contributed by atoms with Gasteiger partial charge in [-0.2, -0.15) is 23.4 Å². The van der Waals surface area contributed by atoms with Crippen LogP contribution in [0.3, 0.4) is 0 Å². The molecule has 1 heterocycles. The number of aryl methyl sites for hydroxylation is 1. The Morgan fingerprint density at radius 3 is 2.50 bits per heavy atom. The van der Waals surface area contributed by atoms with E-state index >= 15 is 0 Å². The van der Waals surface area contributed by atoms with Crippen LogP contribution < -0.4 is 4.18 Å². The lowest BCUT2D eigenvalue weighted by Gasteiger charge is -2.12. The van der Waals surface area contributed by atoms with Crippen molar-refractivity contribution < 1.29 is 21.5 Å². The second-order valence-corrected chi connectivity index (χ2v) is 4.87. The van der Waals surface area contributed by atoms with Crippen LogP contribution >= 0.6 is 12.3 Å². The van der Waals surface area contributed by atoms with Crippen LogP contribution in [0.4, 0.5) is 13.2 Å². The van der Waals surface area contributed by atoms with Gasteiger partial charge in [-0.15, -0.1) is 0 Å². The average Bonchev–Trinajstić information content (AvgIpc) is 2.47. The van der Waals surface area contributed by atoms with E-state index in [1.807, 2.05) is 0 Å². The lowest BCUT2D eigenvalue weighted by Crippen LogP contribution is -2.05. The quantitative estimate of drug-likeness (QED) is 0.599. The zero-order valence-electron chi connectivity index (χ0n) is 11.8. The first kappa shape index (κ1) is 16.6. The molecule has 2 aromatic rings. The van der Waals surface area contributed by atoms with Crippen LogP contribution in [0.25, 0.3) is 11.3 Å². The summed E-state index contributed by atoms with van der Waals surface area (Å²) >= 11 is 0.622. The molecule has 0 aliphatic carbocycles. The van der Waals surface area contributed by atoms with Gasteiger partial charge in [0.1, 0.15) is 5.75 Å². The minimum atomic E-state index is -4.45. The summed E-state index contributed by atoms with van der Waals surface area (Å²) in [6, 6.07) is 6.60. The summed E-state index contributed by atoms with van der Waals surface area (Å²) in [4.78, 5) is 0. The van der Waals surface area contributed by atoms with Gasteiger partial charge in [-0.25, -0.2) is 0 Å². The van der Waals surface area contributed by atoms with Crippen molar-refractivity contribution in [3.63, 3.8) is 0 Å². The fourth-order valence-corrected chi connectivity index (χ4v) is 1.99. The lowest BCUT2D eigenvalue weighted by atomic mass is 10.1. The van der Waals surface area contributed by atoms with E-state index < -0.39 is 11.7 Å². The van der Waals surface area contributed by atoms with Gasteiger partial charge in [0.2, 0.25) is 12.3 Å². The normalized spacial score (nSPS) is 11.5. The van der Waals surface area contributed by atoms with Crippen LogP contribution in [0, 0.1) is 6.92 Å². The Balaban J connectivity index is 2.40. The van der Waals surface area contributed by atoms with Gasteiger partial charge in [-0.05, 0) is 44.2 Å². The fourth-order valence-electron chi connectivity index (χ4n) is 1.63. The number of aromatic nitrogens is 2. The molecule has 2 rings (SSSR count). The standard InChI is InChI=1S/C14H13F3N2O2S/c1-3-20-22-21-13-8-10(14(15,16)17)5-6-11(13)12-7-4-9(2)18-19-12/h4-8H,3H2,1-2H3. The van der Waals surface area contributed by atoms with E-state index in [9.17, 15) is 13.2 Å². The molecule has 8 heteroatoms. The molecule has 0 saturated heterocycles. The van der Waals surface area contributed by atoms with Gasteiger partial charge in [0.25, 0.3) is 0 Å². The summed E-state index contributed by atoms with van der Waals surface area (Å²) in [5, 5.41) is 7.87. The Labute approximate surface area is 130 Å². The number of alkyl halides is 3. The Bertz CT molecular complexity index is 633. The smallest absolute Gasteiger partial charge is 0.400 e. The number of nitrogens with zero attached hydrogens (tertiary/aromatic N) is 2. The first-order valence-electron chi connectivity index (χ1n) is 6.40. The first-order valence-corrected chi connectivity index (χ1v) is 7.06. The molecule has 0 unspecified atom stereocenters. The van der Waals surface area contributed by atoms with Gasteiger partial charge in [0.15, 0.2) is 0 Å². The Kier molecular flexibility index (Phi) is 5.25. The number of halogens is 3. The molecule has 0 N–H and O–H groups in total. The maximum atomic E-state index is 12.8. The molecule has 0 aliphatic rings. The van der Waals surface area contributed by atoms with Crippen molar-refractivity contribution in [3.05, 3.63) is 41.6 Å². The molecular weight excluding hydrogens is 317 g/mol. The van der Waals surface area contributed by atoms with E-state index in [0.717, 1.165) is 12.1 Å². The summed E-state index contributed by atoms with van der Waals surface area (Å²) < 4.78 is 48.6. The maximum absolute atomic E-state index is 12.8. The van der Waals surface area contributed by atoms with Gasteiger partial charge in [0, 0.05) is 5.56 Å². The molecule has 0 saturated carbocycles. The van der Waals surface area contributed by atoms with Gasteiger partial charge in [-0.3, -0.25) is 4.18 Å². The van der Waals surface area contributed by atoms with Gasteiger partial charge < -0.3 is 4.18 Å². The van der Waals surface area contributed by atoms with Crippen LogP contribution in [-0.4, -0.2) is 16.8 Å². The highest BCUT2D eigenvalue weighted by Crippen LogP contribution is 2.37. The van der Waals surface area contributed by atoms with Crippen LogP contribution in [0.2, 0.25) is 0 Å². The van der Waals surface area contributed by atoms with Crippen molar-refractivity contribution in [2.45, 2.75) is 20.0 Å². The SMILES string of the molecule is CCOSOc1cc(C(F)(F)F)ccc1-c1ccc(C)nn1. The van der Waals surface area contributed by atoms with E-state index in [1.54, 1.807) is 26.0 Å².